The smallest absolute Gasteiger partial charge is 0.249 e. The summed E-state index contributed by atoms with van der Waals surface area (Å²) in [6, 6.07) is 0. The number of rotatable bonds is 5. The third kappa shape index (κ3) is 4.44. The number of aromatic nitrogens is 1. The number of hydrogen-bond donors (Lipinski definition) is 2. The van der Waals surface area contributed by atoms with Gasteiger partial charge in [0.05, 0.1) is 11.2 Å². The van der Waals surface area contributed by atoms with Gasteiger partial charge in [-0.3, -0.25) is 0 Å². The molecule has 1 aliphatic rings. The first-order valence-corrected chi connectivity index (χ1v) is 10.2. The fourth-order valence-electron chi connectivity index (χ4n) is 2.23. The fraction of sp³-hybridized carbons (Fsp3) is 0.700. The van der Waals surface area contributed by atoms with Crippen LogP contribution in [0.25, 0.3) is 0 Å². The molecular weight excluding hydrogens is 336 g/mol. The van der Waals surface area contributed by atoms with Crippen LogP contribution in [0.4, 0.5) is 0 Å². The Morgan fingerprint density at radius 1 is 1.48 bits per heavy atom. The van der Waals surface area contributed by atoms with Crippen molar-refractivity contribution in [1.82, 2.24) is 14.0 Å². The molecule has 2 heterocycles. The van der Waals surface area contributed by atoms with Gasteiger partial charge in [-0.05, 0) is 25.7 Å². The number of thiazole rings is 1. The number of nitrogens with two attached hydrogens (primary N) is 1. The van der Waals surface area contributed by atoms with Crippen molar-refractivity contribution in [1.29, 1.82) is 0 Å². The Hall–Kier alpha value is -0.590. The van der Waals surface area contributed by atoms with Crippen molar-refractivity contribution in [2.24, 2.45) is 11.1 Å². The van der Waals surface area contributed by atoms with Gasteiger partial charge in [0.2, 0.25) is 0 Å². The fourth-order valence-corrected chi connectivity index (χ4v) is 5.52. The van der Waals surface area contributed by atoms with E-state index in [0.29, 0.717) is 18.0 Å². The molecule has 120 valence electrons. The second-order valence-electron chi connectivity index (χ2n) is 4.96. The summed E-state index contributed by atoms with van der Waals surface area (Å²) >= 11 is 1.13. The standard InChI is InChI=1S/C10H18N4O4S3/c1-8-12-6-10(19-8)20(15,16)14-4-2-3-9(7-14)5-13-21(11,17)18/h6,9,13H,2-5,7H2,1H3,(H2,11,17,18). The zero-order chi connectivity index (χ0) is 15.7. The normalized spacial score (nSPS) is 21.5. The molecular formula is C10H18N4O4S3. The largest absolute Gasteiger partial charge is 0.274 e. The second kappa shape index (κ2) is 6.26. The van der Waals surface area contributed by atoms with Crippen LogP contribution in [0, 0.1) is 12.8 Å². The third-order valence-electron chi connectivity index (χ3n) is 3.25. The second-order valence-corrected chi connectivity index (χ2v) is 9.74. The summed E-state index contributed by atoms with van der Waals surface area (Å²) in [7, 11) is -7.30. The summed E-state index contributed by atoms with van der Waals surface area (Å²) in [5.74, 6) is -0.0825. The molecule has 1 fully saturated rings. The molecule has 3 N–H and O–H groups in total. The van der Waals surface area contributed by atoms with Gasteiger partial charge in [0, 0.05) is 19.6 Å². The Kier molecular flexibility index (Phi) is 5.00. The first-order valence-electron chi connectivity index (χ1n) is 6.38. The highest BCUT2D eigenvalue weighted by atomic mass is 32.2. The molecule has 1 unspecified atom stereocenters. The molecule has 0 aromatic carbocycles. The maximum absolute atomic E-state index is 12.5. The lowest BCUT2D eigenvalue weighted by Crippen LogP contribution is -2.44. The minimum atomic E-state index is -3.75. The van der Waals surface area contributed by atoms with E-state index in [1.165, 1.54) is 10.5 Å². The SMILES string of the molecule is Cc1ncc(S(=O)(=O)N2CCCC(CNS(N)(=O)=O)C2)s1. The summed E-state index contributed by atoms with van der Waals surface area (Å²) in [6.07, 6.45) is 2.81. The molecule has 1 aromatic heterocycles. The molecule has 1 aromatic rings. The third-order valence-corrected chi connectivity index (χ3v) is 7.03. The van der Waals surface area contributed by atoms with Crippen LogP contribution in [0.15, 0.2) is 10.4 Å². The number of nitrogens with one attached hydrogen (secondary N) is 1. The van der Waals surface area contributed by atoms with Gasteiger partial charge in [0.1, 0.15) is 0 Å². The maximum atomic E-state index is 12.5. The van der Waals surface area contributed by atoms with Crippen molar-refractivity contribution in [2.75, 3.05) is 19.6 Å². The van der Waals surface area contributed by atoms with Crippen molar-refractivity contribution < 1.29 is 16.8 Å². The Balaban J connectivity index is 2.07. The van der Waals surface area contributed by atoms with E-state index < -0.39 is 20.2 Å². The minimum absolute atomic E-state index is 0.0825. The molecule has 8 nitrogen and oxygen atoms in total. The van der Waals surface area contributed by atoms with E-state index in [9.17, 15) is 16.8 Å². The summed E-state index contributed by atoms with van der Waals surface area (Å²) in [4.78, 5) is 3.97. The van der Waals surface area contributed by atoms with E-state index in [1.807, 2.05) is 0 Å². The number of sulfonamides is 1. The Morgan fingerprint density at radius 3 is 2.76 bits per heavy atom. The van der Waals surface area contributed by atoms with E-state index in [0.717, 1.165) is 17.8 Å². The van der Waals surface area contributed by atoms with E-state index >= 15 is 0 Å². The lowest BCUT2D eigenvalue weighted by Gasteiger charge is -2.31. The lowest BCUT2D eigenvalue weighted by atomic mass is 10.0. The Morgan fingerprint density at radius 2 is 2.19 bits per heavy atom. The molecule has 0 amide bonds. The summed E-state index contributed by atoms with van der Waals surface area (Å²) in [5, 5.41) is 5.58. The van der Waals surface area contributed by atoms with Crippen molar-refractivity contribution in [3.05, 3.63) is 11.2 Å². The van der Waals surface area contributed by atoms with Crippen LogP contribution < -0.4 is 9.86 Å². The first kappa shape index (κ1) is 16.8. The molecule has 0 aliphatic carbocycles. The molecule has 1 aliphatic heterocycles. The quantitative estimate of drug-likeness (QED) is 0.748. The topological polar surface area (TPSA) is 122 Å². The lowest BCUT2D eigenvalue weighted by molar-refractivity contribution is 0.267. The Labute approximate surface area is 128 Å². The Bertz CT molecular complexity index is 698. The molecule has 0 radical (unpaired) electrons. The molecule has 21 heavy (non-hydrogen) atoms. The highest BCUT2D eigenvalue weighted by Crippen LogP contribution is 2.26. The molecule has 2 rings (SSSR count). The van der Waals surface area contributed by atoms with Crippen molar-refractivity contribution in [3.63, 3.8) is 0 Å². The minimum Gasteiger partial charge on any atom is -0.249 e. The number of aryl methyl sites for hydroxylation is 1. The molecule has 0 spiro atoms. The number of hydrogen-bond acceptors (Lipinski definition) is 6. The van der Waals surface area contributed by atoms with Crippen LogP contribution in [0.2, 0.25) is 0 Å². The molecule has 11 heteroatoms. The van der Waals surface area contributed by atoms with Gasteiger partial charge >= 0.3 is 0 Å². The summed E-state index contributed by atoms with van der Waals surface area (Å²) < 4.78 is 50.6. The summed E-state index contributed by atoms with van der Waals surface area (Å²) in [6.45, 7) is 2.61. The van der Waals surface area contributed by atoms with Crippen LogP contribution >= 0.6 is 11.3 Å². The van der Waals surface area contributed by atoms with Gasteiger partial charge < -0.3 is 0 Å². The highest BCUT2D eigenvalue weighted by Gasteiger charge is 2.31. The van der Waals surface area contributed by atoms with Gasteiger partial charge in [0.25, 0.3) is 20.2 Å². The molecule has 0 saturated carbocycles. The predicted octanol–water partition coefficient (Wildman–Crippen LogP) is -0.355. The van der Waals surface area contributed by atoms with Crippen LogP contribution in [-0.4, -0.2) is 45.8 Å². The van der Waals surface area contributed by atoms with E-state index in [-0.39, 0.29) is 23.2 Å². The van der Waals surface area contributed by atoms with Crippen LogP contribution in [-0.2, 0) is 20.2 Å². The van der Waals surface area contributed by atoms with Crippen molar-refractivity contribution in [3.8, 4) is 0 Å². The van der Waals surface area contributed by atoms with E-state index in [4.69, 9.17) is 5.14 Å². The molecule has 0 bridgehead atoms. The van der Waals surface area contributed by atoms with Gasteiger partial charge in [-0.2, -0.15) is 12.7 Å². The van der Waals surface area contributed by atoms with Crippen molar-refractivity contribution in [2.45, 2.75) is 24.0 Å². The number of piperidine rings is 1. The molecule has 1 atom stereocenters. The van der Waals surface area contributed by atoms with E-state index in [2.05, 4.69) is 9.71 Å². The van der Waals surface area contributed by atoms with Gasteiger partial charge in [-0.25, -0.2) is 23.3 Å². The van der Waals surface area contributed by atoms with E-state index in [1.54, 1.807) is 6.92 Å². The molecule has 1 saturated heterocycles. The summed E-state index contributed by atoms with van der Waals surface area (Å²) in [5.41, 5.74) is 0. The van der Waals surface area contributed by atoms with Crippen LogP contribution in [0.5, 0.6) is 0 Å². The highest BCUT2D eigenvalue weighted by molar-refractivity contribution is 7.91. The van der Waals surface area contributed by atoms with Gasteiger partial charge in [-0.1, -0.05) is 0 Å². The predicted molar refractivity (Wildman–Crippen MR) is 79.4 cm³/mol. The maximum Gasteiger partial charge on any atom is 0.274 e. The van der Waals surface area contributed by atoms with Crippen LogP contribution in [0.1, 0.15) is 17.8 Å². The average molecular weight is 354 g/mol. The van der Waals surface area contributed by atoms with Gasteiger partial charge in [0.15, 0.2) is 4.21 Å². The zero-order valence-corrected chi connectivity index (χ0v) is 14.0. The average Bonchev–Trinajstić information content (AvgIpc) is 2.83. The zero-order valence-electron chi connectivity index (χ0n) is 11.5. The monoisotopic (exact) mass is 354 g/mol. The van der Waals surface area contributed by atoms with Crippen LogP contribution in [0.3, 0.4) is 0 Å². The number of nitrogens with zero attached hydrogens (tertiary/aromatic N) is 2. The van der Waals surface area contributed by atoms with Crippen molar-refractivity contribution >= 4 is 31.6 Å². The first-order chi connectivity index (χ1) is 9.68. The van der Waals surface area contributed by atoms with Gasteiger partial charge in [-0.15, -0.1) is 11.3 Å².